The number of rotatable bonds is 3. The summed E-state index contributed by atoms with van der Waals surface area (Å²) in [7, 11) is 1.83. The third-order valence-corrected chi connectivity index (χ3v) is 3.16. The maximum atomic E-state index is 5.44. The molecule has 1 aliphatic heterocycles. The van der Waals surface area contributed by atoms with Gasteiger partial charge in [-0.25, -0.2) is 0 Å². The van der Waals surface area contributed by atoms with Crippen molar-refractivity contribution in [2.75, 3.05) is 31.2 Å². The average molecular weight is 283 g/mol. The van der Waals surface area contributed by atoms with E-state index in [0.717, 1.165) is 12.5 Å². The monoisotopic (exact) mass is 283 g/mol. The molecule has 12 heavy (non-hydrogen) atoms. The van der Waals surface area contributed by atoms with Gasteiger partial charge in [0.2, 0.25) is 0 Å². The smallest absolute Gasteiger partial charge is 0.0724 e. The van der Waals surface area contributed by atoms with Gasteiger partial charge in [-0.3, -0.25) is 4.90 Å². The molecule has 1 rings (SSSR count). The van der Waals surface area contributed by atoms with E-state index in [2.05, 4.69) is 34.4 Å². The number of piperidine rings is 1. The van der Waals surface area contributed by atoms with E-state index in [4.69, 9.17) is 4.74 Å². The van der Waals surface area contributed by atoms with E-state index in [1.54, 1.807) is 0 Å². The second kappa shape index (κ2) is 5.40. The minimum Gasteiger partial charge on any atom is -0.380 e. The quantitative estimate of drug-likeness (QED) is 0.578. The van der Waals surface area contributed by atoms with E-state index in [0.29, 0.717) is 6.10 Å². The maximum Gasteiger partial charge on any atom is 0.0724 e. The molecule has 0 aromatic heterocycles. The Morgan fingerprint density at radius 1 is 1.58 bits per heavy atom. The van der Waals surface area contributed by atoms with Crippen LogP contribution in [-0.4, -0.2) is 42.2 Å². The zero-order chi connectivity index (χ0) is 8.97. The standard InChI is InChI=1S/C9H18INO/c1-8-3-5-11(6-4-10)7-9(8)12-2/h8-9H,3-7H2,1-2H3. The van der Waals surface area contributed by atoms with Crippen molar-refractivity contribution in [2.24, 2.45) is 5.92 Å². The van der Waals surface area contributed by atoms with Gasteiger partial charge in [0.05, 0.1) is 6.10 Å². The van der Waals surface area contributed by atoms with Crippen molar-refractivity contribution in [3.8, 4) is 0 Å². The molecule has 0 aromatic rings. The molecule has 72 valence electrons. The SMILES string of the molecule is COC1CN(CCI)CCC1C. The average Bonchev–Trinajstić information content (AvgIpc) is 2.09. The lowest BCUT2D eigenvalue weighted by atomic mass is 9.96. The number of hydrogen-bond acceptors (Lipinski definition) is 2. The third-order valence-electron chi connectivity index (χ3n) is 2.68. The lowest BCUT2D eigenvalue weighted by Gasteiger charge is -2.35. The summed E-state index contributed by atoms with van der Waals surface area (Å²) in [4.78, 5) is 2.50. The molecule has 1 saturated heterocycles. The van der Waals surface area contributed by atoms with Gasteiger partial charge in [-0.15, -0.1) is 0 Å². The predicted octanol–water partition coefficient (Wildman–Crippen LogP) is 1.78. The van der Waals surface area contributed by atoms with Crippen LogP contribution in [0.25, 0.3) is 0 Å². The zero-order valence-corrected chi connectivity index (χ0v) is 10.1. The molecule has 0 N–H and O–H groups in total. The molecule has 2 atom stereocenters. The van der Waals surface area contributed by atoms with Crippen molar-refractivity contribution < 1.29 is 4.74 Å². The van der Waals surface area contributed by atoms with Crippen LogP contribution in [0.15, 0.2) is 0 Å². The molecule has 1 fully saturated rings. The molecule has 3 heteroatoms. The molecule has 2 unspecified atom stereocenters. The first kappa shape index (κ1) is 10.7. The summed E-state index contributed by atoms with van der Waals surface area (Å²) in [5.74, 6) is 0.737. The third kappa shape index (κ3) is 2.85. The van der Waals surface area contributed by atoms with Crippen LogP contribution in [0.1, 0.15) is 13.3 Å². The van der Waals surface area contributed by atoms with Gasteiger partial charge >= 0.3 is 0 Å². The number of methoxy groups -OCH3 is 1. The van der Waals surface area contributed by atoms with Crippen molar-refractivity contribution in [2.45, 2.75) is 19.4 Å². The highest BCUT2D eigenvalue weighted by molar-refractivity contribution is 14.1. The van der Waals surface area contributed by atoms with E-state index in [1.165, 1.54) is 23.9 Å². The Hall–Kier alpha value is 0.650. The molecule has 0 aromatic carbocycles. The molecule has 0 bridgehead atoms. The summed E-state index contributed by atoms with van der Waals surface area (Å²) in [5.41, 5.74) is 0. The summed E-state index contributed by atoms with van der Waals surface area (Å²) in [6.45, 7) is 5.88. The second-order valence-electron chi connectivity index (χ2n) is 3.53. The number of likely N-dealkylation sites (tertiary alicyclic amines) is 1. The van der Waals surface area contributed by atoms with Crippen LogP contribution in [0, 0.1) is 5.92 Å². The van der Waals surface area contributed by atoms with Gasteiger partial charge in [0.1, 0.15) is 0 Å². The van der Waals surface area contributed by atoms with Crippen molar-refractivity contribution >= 4 is 22.6 Å². The Balaban J connectivity index is 2.33. The Morgan fingerprint density at radius 3 is 2.92 bits per heavy atom. The molecular weight excluding hydrogens is 265 g/mol. The highest BCUT2D eigenvalue weighted by Gasteiger charge is 2.25. The minimum atomic E-state index is 0.460. The topological polar surface area (TPSA) is 12.5 Å². The fourth-order valence-corrected chi connectivity index (χ4v) is 2.41. The molecule has 0 saturated carbocycles. The van der Waals surface area contributed by atoms with Crippen LogP contribution in [0.5, 0.6) is 0 Å². The summed E-state index contributed by atoms with van der Waals surface area (Å²) in [6.07, 6.45) is 1.75. The number of nitrogens with zero attached hydrogens (tertiary/aromatic N) is 1. The largest absolute Gasteiger partial charge is 0.380 e. The predicted molar refractivity (Wildman–Crippen MR) is 59.9 cm³/mol. The van der Waals surface area contributed by atoms with Crippen molar-refractivity contribution in [1.82, 2.24) is 4.90 Å². The molecule has 0 radical (unpaired) electrons. The van der Waals surface area contributed by atoms with Gasteiger partial charge in [0.25, 0.3) is 0 Å². The van der Waals surface area contributed by atoms with E-state index in [1.807, 2.05) is 7.11 Å². The van der Waals surface area contributed by atoms with Crippen LogP contribution in [0.4, 0.5) is 0 Å². The van der Waals surface area contributed by atoms with Crippen molar-refractivity contribution in [1.29, 1.82) is 0 Å². The highest BCUT2D eigenvalue weighted by atomic mass is 127. The van der Waals surface area contributed by atoms with E-state index in [-0.39, 0.29) is 0 Å². The first-order valence-corrected chi connectivity index (χ1v) is 6.11. The normalized spacial score (nSPS) is 32.2. The minimum absolute atomic E-state index is 0.460. The van der Waals surface area contributed by atoms with Gasteiger partial charge in [-0.2, -0.15) is 0 Å². The van der Waals surface area contributed by atoms with Gasteiger partial charge < -0.3 is 4.74 Å². The van der Waals surface area contributed by atoms with Crippen LogP contribution < -0.4 is 0 Å². The summed E-state index contributed by atoms with van der Waals surface area (Å²) < 4.78 is 6.66. The Morgan fingerprint density at radius 2 is 2.33 bits per heavy atom. The molecule has 0 spiro atoms. The van der Waals surface area contributed by atoms with Gasteiger partial charge in [-0.05, 0) is 18.9 Å². The number of alkyl halides is 1. The molecule has 2 nitrogen and oxygen atoms in total. The van der Waals surface area contributed by atoms with Crippen molar-refractivity contribution in [3.63, 3.8) is 0 Å². The van der Waals surface area contributed by atoms with E-state index >= 15 is 0 Å². The van der Waals surface area contributed by atoms with Gasteiger partial charge in [0.15, 0.2) is 0 Å². The Bertz CT molecular complexity index is 132. The summed E-state index contributed by atoms with van der Waals surface area (Å²) in [6, 6.07) is 0. The number of hydrogen-bond donors (Lipinski definition) is 0. The first-order valence-electron chi connectivity index (χ1n) is 4.59. The molecule has 1 aliphatic rings. The Labute approximate surface area is 88.8 Å². The van der Waals surface area contributed by atoms with Crippen LogP contribution >= 0.6 is 22.6 Å². The summed E-state index contributed by atoms with van der Waals surface area (Å²) >= 11 is 2.43. The van der Waals surface area contributed by atoms with E-state index < -0.39 is 0 Å². The van der Waals surface area contributed by atoms with E-state index in [9.17, 15) is 0 Å². The van der Waals surface area contributed by atoms with Crippen LogP contribution in [0.3, 0.4) is 0 Å². The summed E-state index contributed by atoms with van der Waals surface area (Å²) in [5, 5.41) is 0. The van der Waals surface area contributed by atoms with Crippen LogP contribution in [-0.2, 0) is 4.74 Å². The maximum absolute atomic E-state index is 5.44. The molecule has 1 heterocycles. The van der Waals surface area contributed by atoms with Gasteiger partial charge in [-0.1, -0.05) is 29.5 Å². The first-order chi connectivity index (χ1) is 5.77. The molecule has 0 aliphatic carbocycles. The Kier molecular flexibility index (Phi) is 4.82. The zero-order valence-electron chi connectivity index (χ0n) is 7.92. The van der Waals surface area contributed by atoms with Crippen LogP contribution in [0.2, 0.25) is 0 Å². The number of halogens is 1. The second-order valence-corrected chi connectivity index (χ2v) is 4.61. The van der Waals surface area contributed by atoms with Gasteiger partial charge in [0, 0.05) is 24.6 Å². The lowest BCUT2D eigenvalue weighted by molar-refractivity contribution is -0.00266. The van der Waals surface area contributed by atoms with Crippen molar-refractivity contribution in [3.05, 3.63) is 0 Å². The highest BCUT2D eigenvalue weighted by Crippen LogP contribution is 2.19. The fourth-order valence-electron chi connectivity index (χ4n) is 1.73. The fraction of sp³-hybridized carbons (Fsp3) is 1.00. The molecule has 0 amide bonds. The number of ether oxygens (including phenoxy) is 1. The lowest BCUT2D eigenvalue weighted by Crippen LogP contribution is -2.44. The molecular formula is C9H18INO.